The molecule has 2 nitrogen and oxygen atoms in total. The van der Waals surface area contributed by atoms with Crippen LogP contribution >= 0.6 is 0 Å². The lowest BCUT2D eigenvalue weighted by Crippen LogP contribution is -2.31. The molecule has 2 atom stereocenters. The maximum atomic E-state index is 6.18. The molecule has 0 aromatic carbocycles. The van der Waals surface area contributed by atoms with E-state index in [-0.39, 0.29) is 13.1 Å². The minimum atomic E-state index is -0.206. The van der Waals surface area contributed by atoms with Gasteiger partial charge in [-0.15, -0.1) is 0 Å². The summed E-state index contributed by atoms with van der Waals surface area (Å²) in [5.74, 6) is 1.18. The average molecular weight is 275 g/mol. The summed E-state index contributed by atoms with van der Waals surface area (Å²) in [6, 6.07) is 0.262. The molecule has 0 aromatic heterocycles. The summed E-state index contributed by atoms with van der Waals surface area (Å²) in [5, 5.41) is 0. The van der Waals surface area contributed by atoms with Gasteiger partial charge in [0.15, 0.2) is 0 Å². The summed E-state index contributed by atoms with van der Waals surface area (Å²) in [5.41, 5.74) is 9.92. The van der Waals surface area contributed by atoms with Crippen LogP contribution < -0.4 is 5.73 Å². The highest BCUT2D eigenvalue weighted by Crippen LogP contribution is 2.35. The number of nitrogens with two attached hydrogens (primary N) is 1. The fourth-order valence-electron chi connectivity index (χ4n) is 2.91. The molecule has 0 aliphatic heterocycles. The van der Waals surface area contributed by atoms with E-state index in [0.29, 0.717) is 5.92 Å². The topological polar surface area (TPSA) is 35.2 Å². The highest BCUT2D eigenvalue weighted by Gasteiger charge is 2.24. The number of hydrogen-bond acceptors (Lipinski definition) is 2. The molecule has 0 saturated carbocycles. The lowest BCUT2D eigenvalue weighted by molar-refractivity contribution is 0.0576. The number of rotatable bonds is 2. The molecular weight excluding hydrogens is 246 g/mol. The molecule has 2 bridgehead atoms. The molecule has 0 amide bonds. The molecule has 0 radical (unpaired) electrons. The number of hydrogen-bond donors (Lipinski definition) is 1. The van der Waals surface area contributed by atoms with Crippen LogP contribution in [-0.2, 0) is 4.74 Å². The maximum absolute atomic E-state index is 6.18. The highest BCUT2D eigenvalue weighted by molar-refractivity contribution is 5.45. The van der Waals surface area contributed by atoms with Crippen LogP contribution in [0.2, 0.25) is 0 Å². The number of ether oxygens (including phenoxy) is 1. The molecule has 2 heteroatoms. The van der Waals surface area contributed by atoms with Crippen molar-refractivity contribution in [1.29, 1.82) is 0 Å². The van der Waals surface area contributed by atoms with E-state index in [1.165, 1.54) is 16.7 Å². The van der Waals surface area contributed by atoms with E-state index in [1.54, 1.807) is 0 Å². The Hall–Kier alpha value is -1.28. The van der Waals surface area contributed by atoms with Gasteiger partial charge in [-0.2, -0.15) is 0 Å². The van der Waals surface area contributed by atoms with E-state index in [9.17, 15) is 0 Å². The first-order valence-corrected chi connectivity index (χ1v) is 7.49. The zero-order chi connectivity index (χ0) is 14.9. The molecule has 2 rings (SSSR count). The fourth-order valence-corrected chi connectivity index (χ4v) is 2.91. The van der Waals surface area contributed by atoms with Gasteiger partial charge in [-0.25, -0.2) is 0 Å². The van der Waals surface area contributed by atoms with E-state index in [4.69, 9.17) is 10.5 Å². The van der Waals surface area contributed by atoms with Gasteiger partial charge in [0.25, 0.3) is 0 Å². The van der Waals surface area contributed by atoms with Crippen LogP contribution in [0.25, 0.3) is 0 Å². The Morgan fingerprint density at radius 1 is 1.45 bits per heavy atom. The predicted octanol–water partition coefficient (Wildman–Crippen LogP) is 4.50. The Balaban J connectivity index is 0.00000220. The molecule has 0 aromatic rings. The minimum absolute atomic E-state index is 0. The van der Waals surface area contributed by atoms with E-state index in [1.807, 2.05) is 0 Å². The first-order valence-electron chi connectivity index (χ1n) is 7.49. The highest BCUT2D eigenvalue weighted by atomic mass is 16.5. The van der Waals surface area contributed by atoms with Crippen molar-refractivity contribution in [2.45, 2.75) is 58.6 Å². The van der Waals surface area contributed by atoms with Gasteiger partial charge < -0.3 is 10.5 Å². The van der Waals surface area contributed by atoms with Gasteiger partial charge in [0, 0.05) is 19.0 Å². The van der Waals surface area contributed by atoms with E-state index >= 15 is 0 Å². The first-order chi connectivity index (χ1) is 9.28. The molecule has 2 N–H and O–H groups in total. The zero-order valence-electron chi connectivity index (χ0n) is 13.2. The second-order valence-corrected chi connectivity index (χ2v) is 6.85. The SMILES string of the molecule is C=C(OC(C)(C)C)/C1=C(\C)C2=CC(/C=C\C1)[C@@H](N)CC2.[HH]. The smallest absolute Gasteiger partial charge is 0.116 e. The van der Waals surface area contributed by atoms with E-state index < -0.39 is 0 Å². The van der Waals surface area contributed by atoms with Crippen molar-refractivity contribution >= 4 is 0 Å². The lowest BCUT2D eigenvalue weighted by Gasteiger charge is -2.30. The third-order valence-electron chi connectivity index (χ3n) is 4.02. The second kappa shape index (κ2) is 5.61. The summed E-state index contributed by atoms with van der Waals surface area (Å²) >= 11 is 0. The van der Waals surface area contributed by atoms with Crippen LogP contribution in [0.5, 0.6) is 0 Å². The van der Waals surface area contributed by atoms with Crippen LogP contribution in [-0.4, -0.2) is 11.6 Å². The molecule has 0 fully saturated rings. The summed E-state index contributed by atoms with van der Waals surface area (Å²) in [6.45, 7) is 12.5. The predicted molar refractivity (Wildman–Crippen MR) is 87.3 cm³/mol. The zero-order valence-corrected chi connectivity index (χ0v) is 13.2. The molecule has 0 heterocycles. The Morgan fingerprint density at radius 3 is 2.80 bits per heavy atom. The quantitative estimate of drug-likeness (QED) is 0.595. The number of fused-ring (bicyclic) bond motifs is 1. The standard InChI is InChI=1S/C18H27NO.H2/c1-12-14-9-10-17(19)15(11-14)7-6-8-16(12)13(2)20-18(3,4)5;/h6-7,11,15,17H,2,8-10,19H2,1,3-5H3;1H/b7-6-,16-12+;/t15?,17-;/m0./s1. The van der Waals surface area contributed by atoms with Crippen molar-refractivity contribution in [3.63, 3.8) is 0 Å². The number of allylic oxidation sites excluding steroid dienone is 4. The average Bonchev–Trinajstić information content (AvgIpc) is 2.31. The third kappa shape index (κ3) is 3.43. The van der Waals surface area contributed by atoms with Gasteiger partial charge in [-0.05, 0) is 58.1 Å². The van der Waals surface area contributed by atoms with Gasteiger partial charge in [0.05, 0.1) is 0 Å². The largest absolute Gasteiger partial charge is 0.488 e. The molecule has 1 unspecified atom stereocenters. The molecule has 20 heavy (non-hydrogen) atoms. The van der Waals surface area contributed by atoms with Crippen molar-refractivity contribution in [2.75, 3.05) is 0 Å². The van der Waals surface area contributed by atoms with Gasteiger partial charge >= 0.3 is 0 Å². The molecular formula is C18H29NO. The first kappa shape index (κ1) is 15.1. The normalized spacial score (nSPS) is 31.9. The van der Waals surface area contributed by atoms with Gasteiger partial charge in [0.2, 0.25) is 0 Å². The summed E-state index contributed by atoms with van der Waals surface area (Å²) in [4.78, 5) is 0. The molecule has 2 aliphatic carbocycles. The van der Waals surface area contributed by atoms with Gasteiger partial charge in [0.1, 0.15) is 11.4 Å². The fraction of sp³-hybridized carbons (Fsp3) is 0.556. The molecule has 0 saturated heterocycles. The Morgan fingerprint density at radius 2 is 2.15 bits per heavy atom. The molecule has 112 valence electrons. The van der Waals surface area contributed by atoms with Crippen LogP contribution in [0.15, 0.2) is 47.3 Å². The van der Waals surface area contributed by atoms with E-state index in [0.717, 1.165) is 25.0 Å². The monoisotopic (exact) mass is 275 g/mol. The van der Waals surface area contributed by atoms with E-state index in [2.05, 4.69) is 52.5 Å². The third-order valence-corrected chi connectivity index (χ3v) is 4.02. The van der Waals surface area contributed by atoms with Crippen molar-refractivity contribution < 1.29 is 6.16 Å². The van der Waals surface area contributed by atoms with Gasteiger partial charge in [-0.3, -0.25) is 0 Å². The lowest BCUT2D eigenvalue weighted by atomic mass is 9.80. The second-order valence-electron chi connectivity index (χ2n) is 6.85. The van der Waals surface area contributed by atoms with Crippen molar-refractivity contribution in [3.05, 3.63) is 47.3 Å². The summed E-state index contributed by atoms with van der Waals surface area (Å²) < 4.78 is 5.96. The minimum Gasteiger partial charge on any atom is -0.488 e. The maximum Gasteiger partial charge on any atom is 0.116 e. The van der Waals surface area contributed by atoms with Crippen molar-refractivity contribution in [2.24, 2.45) is 11.7 Å². The summed E-state index contributed by atoms with van der Waals surface area (Å²) in [6.07, 6.45) is 9.76. The van der Waals surface area contributed by atoms with Gasteiger partial charge in [-0.1, -0.05) is 24.8 Å². The Labute approximate surface area is 124 Å². The molecule has 2 aliphatic rings. The van der Waals surface area contributed by atoms with Crippen LogP contribution in [0, 0.1) is 5.92 Å². The van der Waals surface area contributed by atoms with Crippen molar-refractivity contribution in [1.82, 2.24) is 0 Å². The Kier molecular flexibility index (Phi) is 4.24. The van der Waals surface area contributed by atoms with Crippen LogP contribution in [0.1, 0.15) is 48.4 Å². The summed E-state index contributed by atoms with van der Waals surface area (Å²) in [7, 11) is 0. The Bertz CT molecular complexity index is 494. The van der Waals surface area contributed by atoms with Crippen molar-refractivity contribution in [3.8, 4) is 0 Å². The van der Waals surface area contributed by atoms with Crippen LogP contribution in [0.4, 0.5) is 0 Å². The van der Waals surface area contributed by atoms with Crippen LogP contribution in [0.3, 0.4) is 0 Å². The molecule has 0 spiro atoms.